The van der Waals surface area contributed by atoms with Crippen molar-refractivity contribution < 1.29 is 17.9 Å². The lowest BCUT2D eigenvalue weighted by molar-refractivity contribution is 0.0489. The number of nitrogens with one attached hydrogen (secondary N) is 1. The van der Waals surface area contributed by atoms with E-state index in [0.717, 1.165) is 0 Å². The van der Waals surface area contributed by atoms with Crippen molar-refractivity contribution in [3.05, 3.63) is 17.8 Å². The van der Waals surface area contributed by atoms with Gasteiger partial charge in [-0.3, -0.25) is 0 Å². The molecule has 1 fully saturated rings. The molecule has 0 bridgehead atoms. The number of aromatic nitrogens is 2. The van der Waals surface area contributed by atoms with Crippen LogP contribution in [0.4, 0.5) is 4.79 Å². The molecule has 0 aromatic carbocycles. The van der Waals surface area contributed by atoms with Crippen LogP contribution in [-0.4, -0.2) is 53.7 Å². The highest BCUT2D eigenvalue weighted by Gasteiger charge is 2.31. The number of hydrogen-bond donors (Lipinski definition) is 1. The van der Waals surface area contributed by atoms with Crippen LogP contribution in [0.2, 0.25) is 0 Å². The van der Waals surface area contributed by atoms with E-state index in [-0.39, 0.29) is 11.1 Å². The number of carbonyl (C=O) groups is 1. The van der Waals surface area contributed by atoms with Gasteiger partial charge in [0, 0.05) is 19.1 Å². The third kappa shape index (κ3) is 4.88. The second-order valence-electron chi connectivity index (χ2n) is 6.84. The zero-order valence-corrected chi connectivity index (χ0v) is 15.3. The van der Waals surface area contributed by atoms with Gasteiger partial charge in [0.15, 0.2) is 5.03 Å². The van der Waals surface area contributed by atoms with Gasteiger partial charge in [-0.05, 0) is 52.7 Å². The van der Waals surface area contributed by atoms with Crippen molar-refractivity contribution in [3.63, 3.8) is 0 Å². The average Bonchev–Trinajstić information content (AvgIpc) is 2.46. The van der Waals surface area contributed by atoms with Gasteiger partial charge in [0.25, 0.3) is 10.0 Å². The molecular weight excluding hydrogens is 332 g/mol. The van der Waals surface area contributed by atoms with Crippen LogP contribution >= 0.6 is 0 Å². The Morgan fingerprint density at radius 2 is 1.88 bits per heavy atom. The average molecular weight is 356 g/mol. The Morgan fingerprint density at radius 1 is 1.25 bits per heavy atom. The first kappa shape index (κ1) is 18.6. The van der Waals surface area contributed by atoms with Crippen LogP contribution < -0.4 is 5.32 Å². The summed E-state index contributed by atoms with van der Waals surface area (Å²) in [5.41, 5.74) is 0.104. The van der Waals surface area contributed by atoms with Crippen molar-refractivity contribution in [2.75, 3.05) is 13.1 Å². The maximum absolute atomic E-state index is 12.5. The quantitative estimate of drug-likeness (QED) is 0.880. The van der Waals surface area contributed by atoms with Crippen molar-refractivity contribution in [2.24, 2.45) is 0 Å². The third-order valence-electron chi connectivity index (χ3n) is 3.55. The summed E-state index contributed by atoms with van der Waals surface area (Å²) in [4.78, 5) is 11.8. The molecule has 24 heavy (non-hydrogen) atoms. The number of nitrogens with zero attached hydrogens (tertiary/aromatic N) is 3. The van der Waals surface area contributed by atoms with E-state index in [4.69, 9.17) is 4.74 Å². The molecule has 2 heterocycles. The highest BCUT2D eigenvalue weighted by atomic mass is 32.2. The Morgan fingerprint density at radius 3 is 2.38 bits per heavy atom. The van der Waals surface area contributed by atoms with Gasteiger partial charge in [0.2, 0.25) is 0 Å². The van der Waals surface area contributed by atoms with Crippen molar-refractivity contribution in [3.8, 4) is 0 Å². The van der Waals surface area contributed by atoms with E-state index in [0.29, 0.717) is 31.6 Å². The first-order chi connectivity index (χ1) is 11.1. The molecule has 1 saturated heterocycles. The van der Waals surface area contributed by atoms with Gasteiger partial charge in [-0.25, -0.2) is 13.2 Å². The molecule has 2 rings (SSSR count). The molecule has 1 aromatic rings. The van der Waals surface area contributed by atoms with Crippen LogP contribution in [0.25, 0.3) is 0 Å². The summed E-state index contributed by atoms with van der Waals surface area (Å²) >= 11 is 0. The second kappa shape index (κ2) is 7.02. The van der Waals surface area contributed by atoms with Crippen molar-refractivity contribution in [1.29, 1.82) is 0 Å². The molecule has 0 aliphatic carbocycles. The van der Waals surface area contributed by atoms with Gasteiger partial charge in [-0.15, -0.1) is 5.10 Å². The van der Waals surface area contributed by atoms with Crippen LogP contribution in [0.3, 0.4) is 0 Å². The minimum absolute atomic E-state index is 0.0494. The SMILES string of the molecule is Cc1ccc(S(=O)(=O)N2CCC(NC(=O)OC(C)(C)C)CC2)nn1. The standard InChI is InChI=1S/C15H24N4O4S/c1-11-5-6-13(18-17-11)24(21,22)19-9-7-12(8-10-19)16-14(20)23-15(2,3)4/h5-6,12H,7-10H2,1-4H3,(H,16,20). The Kier molecular flexibility index (Phi) is 5.44. The number of aryl methyl sites for hydroxylation is 1. The summed E-state index contributed by atoms with van der Waals surface area (Å²) in [6.45, 7) is 7.77. The van der Waals surface area contributed by atoms with Crippen LogP contribution in [-0.2, 0) is 14.8 Å². The molecule has 0 saturated carbocycles. The normalized spacial score (nSPS) is 17.5. The minimum Gasteiger partial charge on any atom is -0.444 e. The zero-order chi connectivity index (χ0) is 18.0. The molecule has 0 atom stereocenters. The van der Waals surface area contributed by atoms with E-state index in [1.165, 1.54) is 10.4 Å². The predicted octanol–water partition coefficient (Wildman–Crippen LogP) is 1.46. The third-order valence-corrected chi connectivity index (χ3v) is 5.34. The van der Waals surface area contributed by atoms with Crippen LogP contribution in [0.15, 0.2) is 17.2 Å². The molecule has 1 N–H and O–H groups in total. The van der Waals surface area contributed by atoms with E-state index >= 15 is 0 Å². The maximum atomic E-state index is 12.5. The van der Waals surface area contributed by atoms with Crippen molar-refractivity contribution >= 4 is 16.1 Å². The number of sulfonamides is 1. The molecule has 134 valence electrons. The van der Waals surface area contributed by atoms with Crippen LogP contribution in [0.5, 0.6) is 0 Å². The molecule has 1 aliphatic rings. The largest absolute Gasteiger partial charge is 0.444 e. The lowest BCUT2D eigenvalue weighted by Gasteiger charge is -2.31. The number of carbonyl (C=O) groups excluding carboxylic acids is 1. The Balaban J connectivity index is 1.92. The molecule has 1 amide bonds. The highest BCUT2D eigenvalue weighted by Crippen LogP contribution is 2.19. The first-order valence-corrected chi connectivity index (χ1v) is 9.32. The number of hydrogen-bond acceptors (Lipinski definition) is 6. The molecule has 1 aliphatic heterocycles. The van der Waals surface area contributed by atoms with E-state index in [1.807, 2.05) is 0 Å². The second-order valence-corrected chi connectivity index (χ2v) is 8.72. The fourth-order valence-electron chi connectivity index (χ4n) is 2.37. The number of amides is 1. The minimum atomic E-state index is -3.64. The number of piperidine rings is 1. The zero-order valence-electron chi connectivity index (χ0n) is 14.4. The first-order valence-electron chi connectivity index (χ1n) is 7.88. The van der Waals surface area contributed by atoms with Crippen LogP contribution in [0, 0.1) is 6.92 Å². The molecule has 8 nitrogen and oxygen atoms in total. The number of rotatable bonds is 3. The van der Waals surface area contributed by atoms with E-state index in [2.05, 4.69) is 15.5 Å². The summed E-state index contributed by atoms with van der Waals surface area (Å²) in [7, 11) is -3.64. The maximum Gasteiger partial charge on any atom is 0.407 e. The molecule has 0 spiro atoms. The Hall–Kier alpha value is -1.74. The summed E-state index contributed by atoms with van der Waals surface area (Å²) in [6, 6.07) is 2.98. The Bertz CT molecular complexity index is 674. The van der Waals surface area contributed by atoms with Gasteiger partial charge >= 0.3 is 6.09 Å². The lowest BCUT2D eigenvalue weighted by Crippen LogP contribution is -2.47. The fraction of sp³-hybridized carbons (Fsp3) is 0.667. The van der Waals surface area contributed by atoms with Gasteiger partial charge in [0.05, 0.1) is 5.69 Å². The Labute approximate surface area is 142 Å². The number of alkyl carbamates (subject to hydrolysis) is 1. The number of ether oxygens (including phenoxy) is 1. The van der Waals surface area contributed by atoms with E-state index in [9.17, 15) is 13.2 Å². The van der Waals surface area contributed by atoms with Crippen molar-refractivity contribution in [2.45, 2.75) is 57.2 Å². The highest BCUT2D eigenvalue weighted by molar-refractivity contribution is 7.89. The van der Waals surface area contributed by atoms with Crippen molar-refractivity contribution in [1.82, 2.24) is 19.8 Å². The van der Waals surface area contributed by atoms with E-state index < -0.39 is 21.7 Å². The molecule has 9 heteroatoms. The summed E-state index contributed by atoms with van der Waals surface area (Å²) in [5, 5.41) is 10.3. The fourth-order valence-corrected chi connectivity index (χ4v) is 3.71. The molecule has 0 unspecified atom stereocenters. The molecule has 1 aromatic heterocycles. The summed E-state index contributed by atoms with van der Waals surface area (Å²) in [5.74, 6) is 0. The van der Waals surface area contributed by atoms with Gasteiger partial charge < -0.3 is 10.1 Å². The van der Waals surface area contributed by atoms with Gasteiger partial charge in [0.1, 0.15) is 5.60 Å². The van der Waals surface area contributed by atoms with Crippen LogP contribution in [0.1, 0.15) is 39.3 Å². The smallest absolute Gasteiger partial charge is 0.407 e. The molecule has 0 radical (unpaired) electrons. The van der Waals surface area contributed by atoms with Gasteiger partial charge in [-0.1, -0.05) is 0 Å². The predicted molar refractivity (Wildman–Crippen MR) is 87.9 cm³/mol. The monoisotopic (exact) mass is 356 g/mol. The summed E-state index contributed by atoms with van der Waals surface area (Å²) < 4.78 is 31.6. The summed E-state index contributed by atoms with van der Waals surface area (Å²) in [6.07, 6.45) is 0.573. The topological polar surface area (TPSA) is 101 Å². The van der Waals surface area contributed by atoms with E-state index in [1.54, 1.807) is 33.8 Å². The molecular formula is C15H24N4O4S. The van der Waals surface area contributed by atoms with Gasteiger partial charge in [-0.2, -0.15) is 9.40 Å². The lowest BCUT2D eigenvalue weighted by atomic mass is 10.1.